The molecule has 0 rings (SSSR count). The van der Waals surface area contributed by atoms with Crippen LogP contribution < -0.4 is 0 Å². The van der Waals surface area contributed by atoms with E-state index < -0.39 is 0 Å². The van der Waals surface area contributed by atoms with Crippen molar-refractivity contribution in [3.8, 4) is 0 Å². The fraction of sp³-hybridized carbons (Fsp3) is 0.833. The summed E-state index contributed by atoms with van der Waals surface area (Å²) in [6.07, 6.45) is 3.60. The average molecular weight is 230 g/mol. The summed E-state index contributed by atoms with van der Waals surface area (Å²) in [5.74, 6) is -0.471. The Morgan fingerprint density at radius 1 is 0.875 bits per heavy atom. The van der Waals surface area contributed by atoms with E-state index in [-0.39, 0.29) is 24.1 Å². The van der Waals surface area contributed by atoms with Crippen LogP contribution >= 0.6 is 0 Å². The molecule has 0 aliphatic rings. The van der Waals surface area contributed by atoms with Crippen molar-refractivity contribution >= 4 is 11.9 Å². The van der Waals surface area contributed by atoms with Crippen LogP contribution in [0, 0.1) is 0 Å². The van der Waals surface area contributed by atoms with E-state index in [4.69, 9.17) is 9.47 Å². The molecular weight excluding hydrogens is 208 g/mol. The molecule has 0 heterocycles. The first-order valence-electron chi connectivity index (χ1n) is 5.76. The monoisotopic (exact) mass is 230 g/mol. The topological polar surface area (TPSA) is 52.6 Å². The first-order valence-corrected chi connectivity index (χ1v) is 5.76. The van der Waals surface area contributed by atoms with Crippen LogP contribution in [0.5, 0.6) is 0 Å². The van der Waals surface area contributed by atoms with E-state index in [0.717, 1.165) is 25.7 Å². The van der Waals surface area contributed by atoms with Crippen LogP contribution in [0.4, 0.5) is 0 Å². The summed E-state index contributed by atoms with van der Waals surface area (Å²) >= 11 is 0. The maximum atomic E-state index is 10.6. The molecule has 0 amide bonds. The molecule has 0 aliphatic heterocycles. The predicted octanol–water partition coefficient (Wildman–Crippen LogP) is 2.45. The highest BCUT2D eigenvalue weighted by Gasteiger charge is 2.07. The van der Waals surface area contributed by atoms with Gasteiger partial charge in [0.1, 0.15) is 0 Å². The second kappa shape index (κ2) is 8.13. The molecular formula is C12H22O4. The van der Waals surface area contributed by atoms with Crippen LogP contribution in [0.1, 0.15) is 53.4 Å². The maximum absolute atomic E-state index is 10.6. The van der Waals surface area contributed by atoms with Gasteiger partial charge in [0.2, 0.25) is 0 Å². The van der Waals surface area contributed by atoms with Crippen molar-refractivity contribution in [1.82, 2.24) is 0 Å². The molecule has 94 valence electrons. The van der Waals surface area contributed by atoms with E-state index in [1.54, 1.807) is 0 Å². The van der Waals surface area contributed by atoms with E-state index in [0.29, 0.717) is 0 Å². The van der Waals surface area contributed by atoms with Crippen molar-refractivity contribution in [3.63, 3.8) is 0 Å². The van der Waals surface area contributed by atoms with E-state index in [9.17, 15) is 9.59 Å². The van der Waals surface area contributed by atoms with Gasteiger partial charge in [0, 0.05) is 13.8 Å². The van der Waals surface area contributed by atoms with Crippen LogP contribution in [0.15, 0.2) is 0 Å². The van der Waals surface area contributed by atoms with Gasteiger partial charge in [-0.2, -0.15) is 0 Å². The van der Waals surface area contributed by atoms with Gasteiger partial charge < -0.3 is 9.47 Å². The molecule has 0 fully saturated rings. The minimum absolute atomic E-state index is 0.0264. The van der Waals surface area contributed by atoms with Crippen molar-refractivity contribution in [3.05, 3.63) is 0 Å². The Hall–Kier alpha value is -1.06. The Kier molecular flexibility index (Phi) is 7.60. The van der Waals surface area contributed by atoms with Gasteiger partial charge in [-0.1, -0.05) is 0 Å². The molecule has 0 spiro atoms. The number of unbranched alkanes of at least 4 members (excludes halogenated alkanes) is 1. The highest BCUT2D eigenvalue weighted by molar-refractivity contribution is 5.66. The quantitative estimate of drug-likeness (QED) is 0.498. The third-order valence-corrected chi connectivity index (χ3v) is 2.21. The molecule has 4 nitrogen and oxygen atoms in total. The lowest BCUT2D eigenvalue weighted by Crippen LogP contribution is -2.14. The molecule has 4 heteroatoms. The summed E-state index contributed by atoms with van der Waals surface area (Å²) in [7, 11) is 0. The van der Waals surface area contributed by atoms with Gasteiger partial charge in [-0.3, -0.25) is 9.59 Å². The molecule has 0 saturated heterocycles. The van der Waals surface area contributed by atoms with Crippen LogP contribution in [-0.2, 0) is 19.1 Å². The van der Waals surface area contributed by atoms with Crippen LogP contribution in [0.25, 0.3) is 0 Å². The van der Waals surface area contributed by atoms with Gasteiger partial charge in [-0.05, 0) is 39.5 Å². The number of hydrogen-bond donors (Lipinski definition) is 0. The molecule has 2 unspecified atom stereocenters. The fourth-order valence-corrected chi connectivity index (χ4v) is 1.55. The van der Waals surface area contributed by atoms with Crippen molar-refractivity contribution in [2.24, 2.45) is 0 Å². The van der Waals surface area contributed by atoms with Crippen LogP contribution in [-0.4, -0.2) is 24.1 Å². The molecule has 2 atom stereocenters. The zero-order valence-corrected chi connectivity index (χ0v) is 10.6. The Morgan fingerprint density at radius 3 is 1.44 bits per heavy atom. The molecule has 0 aromatic rings. The second-order valence-corrected chi connectivity index (χ2v) is 4.12. The highest BCUT2D eigenvalue weighted by atomic mass is 16.5. The number of hydrogen-bond acceptors (Lipinski definition) is 4. The largest absolute Gasteiger partial charge is 0.463 e. The Morgan fingerprint density at radius 2 is 1.19 bits per heavy atom. The van der Waals surface area contributed by atoms with Gasteiger partial charge in [0.05, 0.1) is 12.2 Å². The zero-order valence-electron chi connectivity index (χ0n) is 10.6. The van der Waals surface area contributed by atoms with Crippen molar-refractivity contribution in [2.75, 3.05) is 0 Å². The molecule has 0 bridgehead atoms. The van der Waals surface area contributed by atoms with Crippen LogP contribution in [0.3, 0.4) is 0 Å². The molecule has 0 saturated carbocycles. The number of carbonyl (C=O) groups excluding carboxylic acids is 2. The lowest BCUT2D eigenvalue weighted by atomic mass is 10.1. The van der Waals surface area contributed by atoms with E-state index in [2.05, 4.69) is 0 Å². The number of carbonyl (C=O) groups is 2. The summed E-state index contributed by atoms with van der Waals surface area (Å²) in [6, 6.07) is 0. The van der Waals surface area contributed by atoms with Gasteiger partial charge in [0.15, 0.2) is 0 Å². The summed E-state index contributed by atoms with van der Waals surface area (Å²) in [6.45, 7) is 6.60. The van der Waals surface area contributed by atoms with Gasteiger partial charge >= 0.3 is 11.9 Å². The van der Waals surface area contributed by atoms with Crippen LogP contribution in [0.2, 0.25) is 0 Å². The highest BCUT2D eigenvalue weighted by Crippen LogP contribution is 2.10. The third kappa shape index (κ3) is 9.49. The normalized spacial score (nSPS) is 14.0. The van der Waals surface area contributed by atoms with Crippen molar-refractivity contribution in [1.29, 1.82) is 0 Å². The number of rotatable bonds is 7. The minimum Gasteiger partial charge on any atom is -0.463 e. The average Bonchev–Trinajstić information content (AvgIpc) is 2.10. The molecule has 0 aliphatic carbocycles. The van der Waals surface area contributed by atoms with Gasteiger partial charge in [0.25, 0.3) is 0 Å². The lowest BCUT2D eigenvalue weighted by Gasteiger charge is -2.13. The maximum Gasteiger partial charge on any atom is 0.302 e. The summed E-state index contributed by atoms with van der Waals surface area (Å²) in [5, 5.41) is 0. The first-order chi connectivity index (χ1) is 7.41. The third-order valence-electron chi connectivity index (χ3n) is 2.21. The van der Waals surface area contributed by atoms with E-state index in [1.807, 2.05) is 13.8 Å². The molecule has 0 N–H and O–H groups in total. The SMILES string of the molecule is CC(=O)OC(C)CCCCC(C)OC(C)=O. The molecule has 0 aromatic carbocycles. The first kappa shape index (κ1) is 14.9. The molecule has 0 radical (unpaired) electrons. The second-order valence-electron chi connectivity index (χ2n) is 4.12. The fourth-order valence-electron chi connectivity index (χ4n) is 1.55. The summed E-state index contributed by atoms with van der Waals surface area (Å²) in [5.41, 5.74) is 0. The summed E-state index contributed by atoms with van der Waals surface area (Å²) < 4.78 is 10.00. The smallest absolute Gasteiger partial charge is 0.302 e. The zero-order chi connectivity index (χ0) is 12.6. The number of esters is 2. The Balaban J connectivity index is 3.45. The van der Waals surface area contributed by atoms with Gasteiger partial charge in [-0.15, -0.1) is 0 Å². The number of ether oxygens (including phenoxy) is 2. The predicted molar refractivity (Wildman–Crippen MR) is 60.9 cm³/mol. The van der Waals surface area contributed by atoms with Crippen molar-refractivity contribution < 1.29 is 19.1 Å². The standard InChI is InChI=1S/C12H22O4/c1-9(15-11(3)13)7-5-6-8-10(2)16-12(4)14/h9-10H,5-8H2,1-4H3. The van der Waals surface area contributed by atoms with Crippen molar-refractivity contribution in [2.45, 2.75) is 65.6 Å². The lowest BCUT2D eigenvalue weighted by molar-refractivity contribution is -0.147. The van der Waals surface area contributed by atoms with E-state index >= 15 is 0 Å². The summed E-state index contributed by atoms with van der Waals surface area (Å²) in [4.78, 5) is 21.3. The van der Waals surface area contributed by atoms with Gasteiger partial charge in [-0.25, -0.2) is 0 Å². The molecule has 0 aromatic heterocycles. The van der Waals surface area contributed by atoms with E-state index in [1.165, 1.54) is 13.8 Å². The minimum atomic E-state index is -0.235. The Bertz CT molecular complexity index is 201. The molecule has 16 heavy (non-hydrogen) atoms. The Labute approximate surface area is 97.3 Å².